The van der Waals surface area contributed by atoms with Gasteiger partial charge < -0.3 is 5.11 Å². The number of rotatable bonds is 3. The van der Waals surface area contributed by atoms with Crippen LogP contribution < -0.4 is 0 Å². The molecule has 0 saturated carbocycles. The quantitative estimate of drug-likeness (QED) is 0.745. The van der Waals surface area contributed by atoms with Gasteiger partial charge in [-0.2, -0.15) is 5.10 Å². The number of nitrogens with zero attached hydrogens (tertiary/aromatic N) is 2. The lowest BCUT2D eigenvalue weighted by Crippen LogP contribution is -2.03. The molecule has 0 bridgehead atoms. The first-order valence-corrected chi connectivity index (χ1v) is 4.34. The molecular formula is C9H16N2O. The summed E-state index contributed by atoms with van der Waals surface area (Å²) in [5.74, 6) is 0. The van der Waals surface area contributed by atoms with Crippen LogP contribution in [0.3, 0.4) is 0 Å². The summed E-state index contributed by atoms with van der Waals surface area (Å²) in [6.07, 6.45) is 2.98. The van der Waals surface area contributed by atoms with Crippen LogP contribution in [0.15, 0.2) is 6.20 Å². The molecule has 0 aliphatic carbocycles. The number of aryl methyl sites for hydroxylation is 1. The Labute approximate surface area is 73.0 Å². The summed E-state index contributed by atoms with van der Waals surface area (Å²) in [4.78, 5) is 0. The highest BCUT2D eigenvalue weighted by Crippen LogP contribution is 2.12. The number of hydrogen-bond donors (Lipinski definition) is 1. The molecule has 1 aromatic rings. The molecule has 0 amide bonds. The lowest BCUT2D eigenvalue weighted by molar-refractivity contribution is 0.281. The fraction of sp³-hybridized carbons (Fsp3) is 0.667. The van der Waals surface area contributed by atoms with E-state index in [0.717, 1.165) is 17.7 Å². The Balaban J connectivity index is 2.88. The lowest BCUT2D eigenvalue weighted by atomic mass is 10.2. The first kappa shape index (κ1) is 9.26. The molecule has 1 atom stereocenters. The standard InChI is InChI=1S/C9H16N2O/c1-4-7(2)11-5-9(6-12)8(3)10-11/h5,7,12H,4,6H2,1-3H3. The molecule has 0 radical (unpaired) electrons. The predicted octanol–water partition coefficient (Wildman–Crippen LogP) is 1.65. The molecule has 1 heterocycles. The van der Waals surface area contributed by atoms with Crippen molar-refractivity contribution in [2.24, 2.45) is 0 Å². The number of hydrogen-bond acceptors (Lipinski definition) is 2. The molecule has 3 nitrogen and oxygen atoms in total. The third kappa shape index (κ3) is 1.67. The van der Waals surface area contributed by atoms with Gasteiger partial charge in [0, 0.05) is 17.8 Å². The maximum absolute atomic E-state index is 8.93. The first-order valence-electron chi connectivity index (χ1n) is 4.34. The van der Waals surface area contributed by atoms with Gasteiger partial charge in [0.1, 0.15) is 0 Å². The second kappa shape index (κ2) is 3.72. The molecular weight excluding hydrogens is 152 g/mol. The summed E-state index contributed by atoms with van der Waals surface area (Å²) in [7, 11) is 0. The highest BCUT2D eigenvalue weighted by molar-refractivity contribution is 5.14. The van der Waals surface area contributed by atoms with E-state index in [0.29, 0.717) is 6.04 Å². The van der Waals surface area contributed by atoms with Gasteiger partial charge in [-0.3, -0.25) is 4.68 Å². The molecule has 68 valence electrons. The van der Waals surface area contributed by atoms with Crippen LogP contribution in [-0.4, -0.2) is 14.9 Å². The zero-order valence-corrected chi connectivity index (χ0v) is 7.91. The summed E-state index contributed by atoms with van der Waals surface area (Å²) in [5.41, 5.74) is 1.85. The third-order valence-corrected chi connectivity index (χ3v) is 2.23. The SMILES string of the molecule is CCC(C)n1cc(CO)c(C)n1. The Kier molecular flexibility index (Phi) is 2.87. The van der Waals surface area contributed by atoms with Gasteiger partial charge in [-0.05, 0) is 20.3 Å². The van der Waals surface area contributed by atoms with E-state index in [4.69, 9.17) is 5.11 Å². The van der Waals surface area contributed by atoms with Gasteiger partial charge in [-0.25, -0.2) is 0 Å². The monoisotopic (exact) mass is 168 g/mol. The maximum atomic E-state index is 8.93. The molecule has 0 spiro atoms. The number of aromatic nitrogens is 2. The van der Waals surface area contributed by atoms with E-state index in [-0.39, 0.29) is 6.61 Å². The largest absolute Gasteiger partial charge is 0.392 e. The zero-order chi connectivity index (χ0) is 9.14. The van der Waals surface area contributed by atoms with Crippen molar-refractivity contribution in [2.45, 2.75) is 39.8 Å². The maximum Gasteiger partial charge on any atom is 0.0715 e. The van der Waals surface area contributed by atoms with E-state index in [2.05, 4.69) is 18.9 Å². The van der Waals surface area contributed by atoms with Gasteiger partial charge in [0.15, 0.2) is 0 Å². The Morgan fingerprint density at radius 3 is 2.75 bits per heavy atom. The fourth-order valence-corrected chi connectivity index (χ4v) is 1.09. The molecule has 1 aromatic heterocycles. The highest BCUT2D eigenvalue weighted by atomic mass is 16.3. The van der Waals surface area contributed by atoms with E-state index in [1.807, 2.05) is 17.8 Å². The van der Waals surface area contributed by atoms with Crippen LogP contribution in [0.4, 0.5) is 0 Å². The Bertz CT molecular complexity index is 255. The topological polar surface area (TPSA) is 38.0 Å². The summed E-state index contributed by atoms with van der Waals surface area (Å²) in [5, 5.41) is 13.2. The van der Waals surface area contributed by atoms with Gasteiger partial charge in [-0.1, -0.05) is 6.92 Å². The summed E-state index contributed by atoms with van der Waals surface area (Å²) < 4.78 is 1.92. The second-order valence-corrected chi connectivity index (χ2v) is 3.14. The molecule has 0 aromatic carbocycles. The van der Waals surface area contributed by atoms with Crippen molar-refractivity contribution in [2.75, 3.05) is 0 Å². The van der Waals surface area contributed by atoms with Crippen molar-refractivity contribution in [1.82, 2.24) is 9.78 Å². The smallest absolute Gasteiger partial charge is 0.0715 e. The normalized spacial score (nSPS) is 13.3. The van der Waals surface area contributed by atoms with Crippen LogP contribution in [0.5, 0.6) is 0 Å². The Hall–Kier alpha value is -0.830. The van der Waals surface area contributed by atoms with E-state index in [9.17, 15) is 0 Å². The van der Waals surface area contributed by atoms with E-state index >= 15 is 0 Å². The average molecular weight is 168 g/mol. The predicted molar refractivity (Wildman–Crippen MR) is 47.9 cm³/mol. The Morgan fingerprint density at radius 1 is 1.67 bits per heavy atom. The minimum Gasteiger partial charge on any atom is -0.392 e. The van der Waals surface area contributed by atoms with Crippen molar-refractivity contribution in [1.29, 1.82) is 0 Å². The van der Waals surface area contributed by atoms with Crippen molar-refractivity contribution in [3.8, 4) is 0 Å². The van der Waals surface area contributed by atoms with Crippen LogP contribution >= 0.6 is 0 Å². The molecule has 0 aliphatic rings. The average Bonchev–Trinajstić information content (AvgIpc) is 2.45. The summed E-state index contributed by atoms with van der Waals surface area (Å²) >= 11 is 0. The molecule has 0 aliphatic heterocycles. The minimum atomic E-state index is 0.0856. The molecule has 1 N–H and O–H groups in total. The highest BCUT2D eigenvalue weighted by Gasteiger charge is 2.06. The Morgan fingerprint density at radius 2 is 2.33 bits per heavy atom. The van der Waals surface area contributed by atoms with Gasteiger partial charge in [0.2, 0.25) is 0 Å². The molecule has 3 heteroatoms. The van der Waals surface area contributed by atoms with E-state index in [1.165, 1.54) is 0 Å². The minimum absolute atomic E-state index is 0.0856. The molecule has 0 saturated heterocycles. The van der Waals surface area contributed by atoms with E-state index in [1.54, 1.807) is 0 Å². The van der Waals surface area contributed by atoms with Crippen LogP contribution in [0.2, 0.25) is 0 Å². The van der Waals surface area contributed by atoms with Crippen LogP contribution in [0, 0.1) is 6.92 Å². The van der Waals surface area contributed by atoms with Crippen LogP contribution in [0.25, 0.3) is 0 Å². The zero-order valence-electron chi connectivity index (χ0n) is 7.91. The van der Waals surface area contributed by atoms with Crippen LogP contribution in [0.1, 0.15) is 37.6 Å². The summed E-state index contributed by atoms with van der Waals surface area (Å²) in [6, 6.07) is 0.420. The second-order valence-electron chi connectivity index (χ2n) is 3.14. The van der Waals surface area contributed by atoms with Crippen molar-refractivity contribution in [3.63, 3.8) is 0 Å². The van der Waals surface area contributed by atoms with Crippen LogP contribution in [-0.2, 0) is 6.61 Å². The molecule has 1 rings (SSSR count). The lowest BCUT2D eigenvalue weighted by Gasteiger charge is -2.07. The van der Waals surface area contributed by atoms with Gasteiger partial charge in [0.25, 0.3) is 0 Å². The van der Waals surface area contributed by atoms with Crippen molar-refractivity contribution in [3.05, 3.63) is 17.5 Å². The number of aliphatic hydroxyl groups excluding tert-OH is 1. The van der Waals surface area contributed by atoms with Gasteiger partial charge >= 0.3 is 0 Å². The fourth-order valence-electron chi connectivity index (χ4n) is 1.09. The summed E-state index contributed by atoms with van der Waals surface area (Å²) in [6.45, 7) is 6.25. The van der Waals surface area contributed by atoms with Crippen molar-refractivity contribution < 1.29 is 5.11 Å². The van der Waals surface area contributed by atoms with Crippen molar-refractivity contribution >= 4 is 0 Å². The third-order valence-electron chi connectivity index (χ3n) is 2.23. The first-order chi connectivity index (χ1) is 5.69. The van der Waals surface area contributed by atoms with E-state index < -0.39 is 0 Å². The molecule has 12 heavy (non-hydrogen) atoms. The molecule has 0 fully saturated rings. The number of aliphatic hydroxyl groups is 1. The van der Waals surface area contributed by atoms with Gasteiger partial charge in [0.05, 0.1) is 12.3 Å². The molecule has 1 unspecified atom stereocenters. The van der Waals surface area contributed by atoms with Gasteiger partial charge in [-0.15, -0.1) is 0 Å².